The Bertz CT molecular complexity index is 1770. The summed E-state index contributed by atoms with van der Waals surface area (Å²) in [6.45, 7) is 0.973. The molecule has 0 spiro atoms. The quantitative estimate of drug-likeness (QED) is 0.208. The van der Waals surface area contributed by atoms with Gasteiger partial charge in [0.15, 0.2) is 21.3 Å². The number of ether oxygens (including phenoxy) is 2. The third kappa shape index (κ3) is 5.52. The van der Waals surface area contributed by atoms with Gasteiger partial charge in [-0.25, -0.2) is 9.97 Å². The first kappa shape index (κ1) is 27.7. The Kier molecular flexibility index (Phi) is 8.01. The topological polar surface area (TPSA) is 86.5 Å². The van der Waals surface area contributed by atoms with E-state index in [1.807, 2.05) is 60.7 Å². The van der Waals surface area contributed by atoms with Gasteiger partial charge in [0.1, 0.15) is 17.3 Å². The van der Waals surface area contributed by atoms with Crippen LogP contribution in [0.15, 0.2) is 83.7 Å². The van der Waals surface area contributed by atoms with Crippen molar-refractivity contribution in [1.29, 1.82) is 0 Å². The molecule has 0 saturated carbocycles. The molecule has 0 N–H and O–H groups in total. The van der Waals surface area contributed by atoms with Gasteiger partial charge >= 0.3 is 0 Å². The van der Waals surface area contributed by atoms with Crippen molar-refractivity contribution in [2.45, 2.75) is 38.3 Å². The van der Waals surface area contributed by atoms with Crippen LogP contribution in [-0.4, -0.2) is 47.1 Å². The summed E-state index contributed by atoms with van der Waals surface area (Å²) in [6.07, 6.45) is 2.88. The number of hydrogen-bond donors (Lipinski definition) is 0. The monoisotopic (exact) mass is 580 g/mol. The van der Waals surface area contributed by atoms with Crippen LogP contribution in [-0.2, 0) is 17.8 Å². The van der Waals surface area contributed by atoms with Gasteiger partial charge in [-0.1, -0.05) is 72.0 Å². The first-order valence-corrected chi connectivity index (χ1v) is 14.9. The summed E-state index contributed by atoms with van der Waals surface area (Å²) >= 11 is 1.38. The van der Waals surface area contributed by atoms with Crippen LogP contribution in [0.5, 0.6) is 11.5 Å². The first-order chi connectivity index (χ1) is 20.6. The number of benzene rings is 3. The fraction of sp³-hybridized carbons (Fsp3) is 0.273. The highest BCUT2D eigenvalue weighted by Gasteiger charge is 2.33. The van der Waals surface area contributed by atoms with E-state index in [0.29, 0.717) is 45.6 Å². The van der Waals surface area contributed by atoms with Gasteiger partial charge in [0, 0.05) is 30.2 Å². The molecule has 1 saturated heterocycles. The molecule has 3 aromatic carbocycles. The highest BCUT2D eigenvalue weighted by molar-refractivity contribution is 7.21. The van der Waals surface area contributed by atoms with Crippen LogP contribution in [0.3, 0.4) is 0 Å². The lowest BCUT2D eigenvalue weighted by Crippen LogP contribution is -2.36. The summed E-state index contributed by atoms with van der Waals surface area (Å²) < 4.78 is 12.6. The molecule has 0 radical (unpaired) electrons. The molecule has 0 unspecified atom stereocenters. The molecule has 1 fully saturated rings. The molecule has 6 rings (SSSR count). The Labute approximate surface area is 248 Å². The van der Waals surface area contributed by atoms with E-state index < -0.39 is 0 Å². The molecule has 1 aliphatic heterocycles. The van der Waals surface area contributed by atoms with Crippen molar-refractivity contribution in [2.24, 2.45) is 0 Å². The number of aryl methyl sites for hydroxylation is 1. The second-order valence-electron chi connectivity index (χ2n) is 10.3. The van der Waals surface area contributed by atoms with Crippen molar-refractivity contribution >= 4 is 32.6 Å². The number of rotatable bonds is 10. The summed E-state index contributed by atoms with van der Waals surface area (Å²) in [5, 5.41) is 0.670. The molecule has 0 aliphatic carbocycles. The summed E-state index contributed by atoms with van der Waals surface area (Å²) in [4.78, 5) is 39.8. The van der Waals surface area contributed by atoms with Crippen molar-refractivity contribution in [1.82, 2.24) is 14.5 Å². The number of carbonyl (C=O) groups excluding carboxylic acids is 1. The third-order valence-corrected chi connectivity index (χ3v) is 8.72. The molecule has 1 atom stereocenters. The van der Waals surface area contributed by atoms with Crippen LogP contribution in [0.4, 0.5) is 5.13 Å². The van der Waals surface area contributed by atoms with Gasteiger partial charge in [0.25, 0.3) is 5.56 Å². The average molecular weight is 581 g/mol. The van der Waals surface area contributed by atoms with E-state index in [1.54, 1.807) is 24.9 Å². The number of carbonyl (C=O) groups is 1. The van der Waals surface area contributed by atoms with Gasteiger partial charge in [-0.05, 0) is 37.0 Å². The van der Waals surface area contributed by atoms with Crippen LogP contribution >= 0.6 is 11.3 Å². The zero-order valence-corrected chi connectivity index (χ0v) is 24.5. The standard InChI is InChI=1S/C33H32N4O4S/c1-40-25-17-16-24(28(20-25)41-2)21-37-30(23-12-7-4-8-13-23)35-31-29(32(37)39)34-33(42-31)36-19-9-14-26(36)27(38)18-15-22-10-5-3-6-11-22/h3-8,10-13,16-17,20,26H,9,14-15,18-19,21H2,1-2H3/t26-/m1/s1. The van der Waals surface area contributed by atoms with Crippen LogP contribution in [0.2, 0.25) is 0 Å². The van der Waals surface area contributed by atoms with Crippen LogP contribution < -0.4 is 19.9 Å². The lowest BCUT2D eigenvalue weighted by Gasteiger charge is -2.22. The highest BCUT2D eigenvalue weighted by atomic mass is 32.1. The number of thiazole rings is 1. The Morgan fingerprint density at radius 3 is 2.48 bits per heavy atom. The minimum absolute atomic E-state index is 0.206. The maximum Gasteiger partial charge on any atom is 0.281 e. The number of ketones is 1. The van der Waals surface area contributed by atoms with E-state index >= 15 is 0 Å². The second kappa shape index (κ2) is 12.2. The van der Waals surface area contributed by atoms with Gasteiger partial charge in [-0.2, -0.15) is 0 Å². The molecule has 0 amide bonds. The number of nitrogens with zero attached hydrogens (tertiary/aromatic N) is 4. The van der Waals surface area contributed by atoms with Gasteiger partial charge in [0.2, 0.25) is 0 Å². The van der Waals surface area contributed by atoms with Crippen molar-refractivity contribution in [3.05, 3.63) is 100 Å². The fourth-order valence-corrected chi connectivity index (χ4v) is 6.54. The molecular weight excluding hydrogens is 548 g/mol. The van der Waals surface area contributed by atoms with Gasteiger partial charge in [-0.3, -0.25) is 14.2 Å². The lowest BCUT2D eigenvalue weighted by atomic mass is 10.0. The minimum Gasteiger partial charge on any atom is -0.497 e. The van der Waals surface area contributed by atoms with Crippen LogP contribution in [0.1, 0.15) is 30.4 Å². The average Bonchev–Trinajstić information content (AvgIpc) is 3.70. The Hall–Kier alpha value is -4.50. The molecule has 2 aromatic heterocycles. The van der Waals surface area contributed by atoms with Crippen LogP contribution in [0, 0.1) is 0 Å². The molecular formula is C33H32N4O4S. The molecule has 214 valence electrons. The van der Waals surface area contributed by atoms with Crippen molar-refractivity contribution in [3.8, 4) is 22.9 Å². The maximum absolute atomic E-state index is 14.1. The summed E-state index contributed by atoms with van der Waals surface area (Å²) in [6, 6.07) is 25.1. The molecule has 8 nitrogen and oxygen atoms in total. The maximum atomic E-state index is 14.1. The second-order valence-corrected chi connectivity index (χ2v) is 11.3. The van der Waals surface area contributed by atoms with Gasteiger partial charge < -0.3 is 14.4 Å². The summed E-state index contributed by atoms with van der Waals surface area (Å²) in [7, 11) is 3.20. The van der Waals surface area contributed by atoms with E-state index in [2.05, 4.69) is 17.0 Å². The number of hydrogen-bond acceptors (Lipinski definition) is 8. The first-order valence-electron chi connectivity index (χ1n) is 14.1. The molecule has 9 heteroatoms. The van der Waals surface area contributed by atoms with Crippen molar-refractivity contribution in [3.63, 3.8) is 0 Å². The Morgan fingerprint density at radius 2 is 1.74 bits per heavy atom. The van der Waals surface area contributed by atoms with E-state index in [1.165, 1.54) is 11.3 Å². The van der Waals surface area contributed by atoms with Gasteiger partial charge in [0.05, 0.1) is 26.8 Å². The number of Topliss-reactive ketones (excluding diaryl/α,β-unsaturated/α-hetero) is 1. The predicted octanol–water partition coefficient (Wildman–Crippen LogP) is 5.76. The SMILES string of the molecule is COc1ccc(Cn2c(-c3ccccc3)nc3sc(N4CCC[C@@H]4C(=O)CCc4ccccc4)nc3c2=O)c(OC)c1. The molecule has 3 heterocycles. The Balaban J connectivity index is 1.36. The molecule has 42 heavy (non-hydrogen) atoms. The zero-order valence-electron chi connectivity index (χ0n) is 23.7. The molecule has 5 aromatic rings. The zero-order chi connectivity index (χ0) is 29.1. The number of anilines is 1. The lowest BCUT2D eigenvalue weighted by molar-refractivity contribution is -0.120. The van der Waals surface area contributed by atoms with Crippen molar-refractivity contribution in [2.75, 3.05) is 25.7 Å². The van der Waals surface area contributed by atoms with E-state index in [9.17, 15) is 9.59 Å². The minimum atomic E-state index is -0.242. The molecule has 1 aliphatic rings. The van der Waals surface area contributed by atoms with Crippen molar-refractivity contribution < 1.29 is 14.3 Å². The summed E-state index contributed by atoms with van der Waals surface area (Å²) in [5.41, 5.74) is 2.88. The van der Waals surface area contributed by atoms with Gasteiger partial charge in [-0.15, -0.1) is 0 Å². The fourth-order valence-electron chi connectivity index (χ4n) is 5.54. The van der Waals surface area contributed by atoms with E-state index in [-0.39, 0.29) is 23.9 Å². The number of aromatic nitrogens is 3. The van der Waals surface area contributed by atoms with Crippen LogP contribution in [0.25, 0.3) is 21.7 Å². The smallest absolute Gasteiger partial charge is 0.281 e. The Morgan fingerprint density at radius 1 is 0.976 bits per heavy atom. The number of methoxy groups -OCH3 is 2. The largest absolute Gasteiger partial charge is 0.497 e. The number of fused-ring (bicyclic) bond motifs is 1. The predicted molar refractivity (Wildman–Crippen MR) is 166 cm³/mol. The van der Waals surface area contributed by atoms with E-state index in [4.69, 9.17) is 19.4 Å². The highest BCUT2D eigenvalue weighted by Crippen LogP contribution is 2.34. The summed E-state index contributed by atoms with van der Waals surface area (Å²) in [5.74, 6) is 2.05. The van der Waals surface area contributed by atoms with E-state index in [0.717, 1.165) is 36.1 Å². The third-order valence-electron chi connectivity index (χ3n) is 7.74. The molecule has 0 bridgehead atoms. The normalized spacial score (nSPS) is 14.8.